The zero-order valence-electron chi connectivity index (χ0n) is 10.3. The van der Waals surface area contributed by atoms with Crippen LogP contribution in [0.2, 0.25) is 0 Å². The van der Waals surface area contributed by atoms with Crippen molar-refractivity contribution < 1.29 is 38.7 Å². The third-order valence-corrected chi connectivity index (χ3v) is 5.40. The van der Waals surface area contributed by atoms with Crippen LogP contribution < -0.4 is 0 Å². The maximum atomic E-state index is 12.3. The molecule has 105 valence electrons. The van der Waals surface area contributed by atoms with Crippen molar-refractivity contribution in [3.05, 3.63) is 30.3 Å². The summed E-state index contributed by atoms with van der Waals surface area (Å²) in [6.07, 6.45) is 0.132. The SMILES string of the molecule is CN1C[C@H](S(=O)(=O)c2cc[c-]cc2)C[C@H]1C(=O)O.[Re]. The van der Waals surface area contributed by atoms with E-state index < -0.39 is 27.1 Å². The molecule has 0 aliphatic carbocycles. The molecular formula is C12H14NO4ReS-. The van der Waals surface area contributed by atoms with Gasteiger partial charge in [0, 0.05) is 27.0 Å². The Morgan fingerprint density at radius 3 is 2.47 bits per heavy atom. The summed E-state index contributed by atoms with van der Waals surface area (Å²) in [6, 6.07) is 8.10. The van der Waals surface area contributed by atoms with Crippen LogP contribution in [-0.2, 0) is 35.1 Å². The molecular weight excluding hydrogens is 440 g/mol. The Hall–Kier alpha value is -0.738. The van der Waals surface area contributed by atoms with E-state index in [2.05, 4.69) is 6.07 Å². The predicted octanol–water partition coefficient (Wildman–Crippen LogP) is 0.415. The van der Waals surface area contributed by atoms with E-state index in [1.54, 1.807) is 24.1 Å². The third-order valence-electron chi connectivity index (χ3n) is 3.25. The molecule has 0 aromatic heterocycles. The van der Waals surface area contributed by atoms with Crippen molar-refractivity contribution in [3.63, 3.8) is 0 Å². The molecule has 1 aliphatic rings. The van der Waals surface area contributed by atoms with Gasteiger partial charge in [-0.15, -0.1) is 0 Å². The van der Waals surface area contributed by atoms with Gasteiger partial charge in [0.05, 0.1) is 5.25 Å². The number of likely N-dealkylation sites (tertiary alicyclic amines) is 1. The Morgan fingerprint density at radius 1 is 1.42 bits per heavy atom. The molecule has 0 spiro atoms. The minimum atomic E-state index is -3.46. The zero-order valence-corrected chi connectivity index (χ0v) is 13.8. The second kappa shape index (κ2) is 6.14. The van der Waals surface area contributed by atoms with Crippen LogP contribution in [0.15, 0.2) is 29.2 Å². The Bertz CT molecular complexity index is 546. The average molecular weight is 455 g/mol. The first kappa shape index (κ1) is 16.3. The Balaban J connectivity index is 0.00000180. The molecule has 5 nitrogen and oxygen atoms in total. The van der Waals surface area contributed by atoms with Gasteiger partial charge in [-0.25, -0.2) is 8.42 Å². The van der Waals surface area contributed by atoms with Gasteiger partial charge in [-0.3, -0.25) is 9.69 Å². The molecule has 0 saturated carbocycles. The van der Waals surface area contributed by atoms with E-state index in [1.807, 2.05) is 0 Å². The first-order valence-corrected chi connectivity index (χ1v) is 7.10. The molecule has 1 fully saturated rings. The molecule has 1 aliphatic heterocycles. The van der Waals surface area contributed by atoms with Crippen LogP contribution in [0.4, 0.5) is 0 Å². The maximum Gasteiger partial charge on any atom is 0.320 e. The predicted molar refractivity (Wildman–Crippen MR) is 64.9 cm³/mol. The monoisotopic (exact) mass is 455 g/mol. The summed E-state index contributed by atoms with van der Waals surface area (Å²) in [5.41, 5.74) is 0. The van der Waals surface area contributed by atoms with Gasteiger partial charge in [-0.2, -0.15) is 30.3 Å². The molecule has 1 heterocycles. The summed E-state index contributed by atoms with van der Waals surface area (Å²) in [6.45, 7) is 0.248. The standard InChI is InChI=1S/C12H14NO4S.Re/c1-13-8-10(7-11(13)12(14)15)18(16,17)9-5-3-2-4-6-9;/h3-6,10-11H,7-8H2,1H3,(H,14,15);/q-1;/t10-,11+;/m1./s1. The number of carbonyl (C=O) groups is 1. The first-order valence-electron chi connectivity index (χ1n) is 5.56. The summed E-state index contributed by atoms with van der Waals surface area (Å²) < 4.78 is 24.6. The van der Waals surface area contributed by atoms with E-state index in [0.29, 0.717) is 0 Å². The van der Waals surface area contributed by atoms with Crippen LogP contribution in [0.3, 0.4) is 0 Å². The molecule has 1 saturated heterocycles. The third kappa shape index (κ3) is 3.23. The first-order chi connectivity index (χ1) is 8.43. The summed E-state index contributed by atoms with van der Waals surface area (Å²) in [7, 11) is -1.83. The molecule has 1 radical (unpaired) electrons. The molecule has 2 rings (SSSR count). The van der Waals surface area contributed by atoms with Crippen molar-refractivity contribution in [1.82, 2.24) is 4.90 Å². The quantitative estimate of drug-likeness (QED) is 0.670. The molecule has 1 N–H and O–H groups in total. The van der Waals surface area contributed by atoms with Gasteiger partial charge >= 0.3 is 5.97 Å². The number of benzene rings is 1. The number of hydrogen-bond acceptors (Lipinski definition) is 4. The summed E-state index contributed by atoms with van der Waals surface area (Å²) in [5.74, 6) is -0.975. The van der Waals surface area contributed by atoms with Crippen molar-refractivity contribution in [2.45, 2.75) is 22.6 Å². The van der Waals surface area contributed by atoms with E-state index in [4.69, 9.17) is 5.11 Å². The second-order valence-electron chi connectivity index (χ2n) is 4.43. The molecule has 0 unspecified atom stereocenters. The van der Waals surface area contributed by atoms with Crippen LogP contribution >= 0.6 is 0 Å². The van der Waals surface area contributed by atoms with Crippen LogP contribution in [0.1, 0.15) is 6.42 Å². The largest absolute Gasteiger partial charge is 0.480 e. The Labute approximate surface area is 126 Å². The van der Waals surface area contributed by atoms with Crippen molar-refractivity contribution in [2.24, 2.45) is 0 Å². The van der Waals surface area contributed by atoms with Crippen molar-refractivity contribution in [1.29, 1.82) is 0 Å². The molecule has 0 bridgehead atoms. The number of hydrogen-bond donors (Lipinski definition) is 1. The number of carboxylic acid groups (broad SMARTS) is 1. The number of sulfone groups is 1. The molecule has 2 atom stereocenters. The normalized spacial score (nSPS) is 23.8. The van der Waals surface area contributed by atoms with Crippen molar-refractivity contribution in [3.8, 4) is 0 Å². The number of aliphatic carboxylic acids is 1. The number of nitrogens with zero attached hydrogens (tertiary/aromatic N) is 1. The van der Waals surface area contributed by atoms with Crippen LogP contribution in [0.5, 0.6) is 0 Å². The number of carboxylic acids is 1. The fraction of sp³-hybridized carbons (Fsp3) is 0.417. The topological polar surface area (TPSA) is 74.7 Å². The summed E-state index contributed by atoms with van der Waals surface area (Å²) in [4.78, 5) is 12.8. The van der Waals surface area contributed by atoms with Gasteiger partial charge < -0.3 is 5.11 Å². The van der Waals surface area contributed by atoms with Gasteiger partial charge in [-0.05, 0) is 18.4 Å². The minimum absolute atomic E-state index is 0. The number of likely N-dealkylation sites (N-methyl/N-ethyl adjacent to an activating group) is 1. The zero-order chi connectivity index (χ0) is 13.3. The van der Waals surface area contributed by atoms with Gasteiger partial charge in [-0.1, -0.05) is 0 Å². The van der Waals surface area contributed by atoms with E-state index >= 15 is 0 Å². The van der Waals surface area contributed by atoms with Crippen molar-refractivity contribution in [2.75, 3.05) is 13.6 Å². The van der Waals surface area contributed by atoms with Gasteiger partial charge in [0.15, 0.2) is 9.84 Å². The molecule has 19 heavy (non-hydrogen) atoms. The smallest absolute Gasteiger partial charge is 0.320 e. The fourth-order valence-electron chi connectivity index (χ4n) is 2.22. The van der Waals surface area contributed by atoms with Gasteiger partial charge in [0.1, 0.15) is 6.04 Å². The van der Waals surface area contributed by atoms with E-state index in [1.165, 1.54) is 12.1 Å². The van der Waals surface area contributed by atoms with E-state index in [0.717, 1.165) is 0 Å². The van der Waals surface area contributed by atoms with Crippen LogP contribution in [0, 0.1) is 6.07 Å². The number of rotatable bonds is 3. The molecule has 1 aromatic carbocycles. The van der Waals surface area contributed by atoms with Gasteiger partial charge in [0.25, 0.3) is 0 Å². The van der Waals surface area contributed by atoms with Gasteiger partial charge in [0.2, 0.25) is 0 Å². The summed E-state index contributed by atoms with van der Waals surface area (Å²) in [5, 5.41) is 8.34. The van der Waals surface area contributed by atoms with Crippen LogP contribution in [0.25, 0.3) is 0 Å². The molecule has 7 heteroatoms. The molecule has 0 amide bonds. The Kier molecular flexibility index (Phi) is 5.28. The van der Waals surface area contributed by atoms with Crippen LogP contribution in [-0.4, -0.2) is 49.3 Å². The van der Waals surface area contributed by atoms with E-state index in [-0.39, 0.29) is 38.3 Å². The van der Waals surface area contributed by atoms with E-state index in [9.17, 15) is 13.2 Å². The second-order valence-corrected chi connectivity index (χ2v) is 6.66. The average Bonchev–Trinajstić information content (AvgIpc) is 2.73. The fourth-order valence-corrected chi connectivity index (χ4v) is 3.99. The molecule has 1 aromatic rings. The van der Waals surface area contributed by atoms with Crippen molar-refractivity contribution >= 4 is 15.8 Å². The maximum absolute atomic E-state index is 12.3. The minimum Gasteiger partial charge on any atom is -0.480 e. The summed E-state index contributed by atoms with van der Waals surface area (Å²) >= 11 is 0. The Morgan fingerprint density at radius 2 is 2.00 bits per heavy atom.